The zero-order valence-corrected chi connectivity index (χ0v) is 22.7. The van der Waals surface area contributed by atoms with E-state index in [0.717, 1.165) is 89.8 Å². The second-order valence-electron chi connectivity index (χ2n) is 9.61. The number of hydrogen-bond acceptors (Lipinski definition) is 6. The Balaban J connectivity index is 1.26. The van der Waals surface area contributed by atoms with Crippen LogP contribution >= 0.6 is 0 Å². The molecule has 0 spiro atoms. The molecule has 0 radical (unpaired) electrons. The normalized spacial score (nSPS) is 16.5. The third kappa shape index (κ3) is 15.0. The molecule has 7 heteroatoms. The van der Waals surface area contributed by atoms with Crippen molar-refractivity contribution < 1.29 is 26.8 Å². The zero-order chi connectivity index (χ0) is 25.0. The minimum Gasteiger partial charge on any atom is -0.381 e. The maximum absolute atomic E-state index is 12.1. The molecule has 1 saturated heterocycles. The van der Waals surface area contributed by atoms with Gasteiger partial charge in [-0.15, -0.1) is 0 Å². The Labute approximate surface area is 214 Å². The molecule has 0 aliphatic carbocycles. The fourth-order valence-corrected chi connectivity index (χ4v) is 5.07. The molecule has 1 heterocycles. The molecule has 1 unspecified atom stereocenters. The summed E-state index contributed by atoms with van der Waals surface area (Å²) in [7, 11) is -3.63. The third-order valence-corrected chi connectivity index (χ3v) is 7.68. The quantitative estimate of drug-likeness (QED) is 0.131. The number of ether oxygens (including phenoxy) is 3. The highest BCUT2D eigenvalue weighted by molar-refractivity contribution is 7.86. The second kappa shape index (κ2) is 19.2. The lowest BCUT2D eigenvalue weighted by Crippen LogP contribution is -2.22. The van der Waals surface area contributed by atoms with Crippen molar-refractivity contribution in [2.45, 2.75) is 114 Å². The molecule has 0 amide bonds. The Hall–Kier alpha value is -0.990. The molecule has 0 bridgehead atoms. The SMILES string of the molecule is Cc1ccc(S(=O)(=O)OCCCCCCCCOCCCCCCCCOC2CCCCO2)cc1. The van der Waals surface area contributed by atoms with E-state index in [-0.39, 0.29) is 17.8 Å². The Bertz CT molecular complexity index is 728. The standard InChI is InChI=1S/C28H48O6S/c1-26-17-19-27(20-18-26)35(29,30)34-25-14-9-5-3-7-12-22-31-21-11-6-2-4-8-13-23-32-28-16-10-15-24-33-28/h17-20,28H,2-16,21-25H2,1H3. The molecular weight excluding hydrogens is 464 g/mol. The minimum absolute atomic E-state index is 0.0521. The number of aryl methyl sites for hydroxylation is 1. The lowest BCUT2D eigenvalue weighted by molar-refractivity contribution is -0.162. The van der Waals surface area contributed by atoms with Gasteiger partial charge in [0.25, 0.3) is 10.1 Å². The van der Waals surface area contributed by atoms with E-state index >= 15 is 0 Å². The maximum atomic E-state index is 12.1. The molecule has 0 saturated carbocycles. The maximum Gasteiger partial charge on any atom is 0.296 e. The number of rotatable bonds is 21. The van der Waals surface area contributed by atoms with E-state index in [4.69, 9.17) is 18.4 Å². The summed E-state index contributed by atoms with van der Waals surface area (Å²) in [6.45, 7) is 5.58. The number of hydrogen-bond donors (Lipinski definition) is 0. The van der Waals surface area contributed by atoms with Crippen molar-refractivity contribution in [1.82, 2.24) is 0 Å². The molecule has 1 atom stereocenters. The molecule has 35 heavy (non-hydrogen) atoms. The first-order valence-electron chi connectivity index (χ1n) is 13.8. The van der Waals surface area contributed by atoms with Crippen LogP contribution in [0.3, 0.4) is 0 Å². The zero-order valence-electron chi connectivity index (χ0n) is 21.9. The van der Waals surface area contributed by atoms with E-state index in [1.165, 1.54) is 38.5 Å². The third-order valence-electron chi connectivity index (χ3n) is 6.36. The van der Waals surface area contributed by atoms with E-state index in [0.29, 0.717) is 0 Å². The Kier molecular flexibility index (Phi) is 16.6. The summed E-state index contributed by atoms with van der Waals surface area (Å²) in [6, 6.07) is 6.76. The van der Waals surface area contributed by atoms with Crippen LogP contribution in [0.15, 0.2) is 29.2 Å². The van der Waals surface area contributed by atoms with Crippen molar-refractivity contribution in [3.8, 4) is 0 Å². The van der Waals surface area contributed by atoms with Crippen molar-refractivity contribution in [2.75, 3.05) is 33.0 Å². The minimum atomic E-state index is -3.63. The predicted molar refractivity (Wildman–Crippen MR) is 140 cm³/mol. The van der Waals surface area contributed by atoms with Gasteiger partial charge in [0.2, 0.25) is 0 Å². The predicted octanol–water partition coefficient (Wildman–Crippen LogP) is 6.94. The molecule has 202 valence electrons. The smallest absolute Gasteiger partial charge is 0.296 e. The largest absolute Gasteiger partial charge is 0.381 e. The first kappa shape index (κ1) is 30.2. The van der Waals surface area contributed by atoms with Gasteiger partial charge in [0.1, 0.15) is 0 Å². The van der Waals surface area contributed by atoms with Gasteiger partial charge in [-0.2, -0.15) is 8.42 Å². The molecule has 2 rings (SSSR count). The summed E-state index contributed by atoms with van der Waals surface area (Å²) >= 11 is 0. The van der Waals surface area contributed by atoms with Gasteiger partial charge in [-0.1, -0.05) is 69.1 Å². The van der Waals surface area contributed by atoms with Crippen molar-refractivity contribution in [3.05, 3.63) is 29.8 Å². The topological polar surface area (TPSA) is 71.1 Å². The van der Waals surface area contributed by atoms with Gasteiger partial charge in [-0.3, -0.25) is 4.18 Å². The fourth-order valence-electron chi connectivity index (χ4n) is 4.13. The van der Waals surface area contributed by atoms with Crippen LogP contribution in [-0.4, -0.2) is 47.7 Å². The Morgan fingerprint density at radius 3 is 1.86 bits per heavy atom. The van der Waals surface area contributed by atoms with Crippen LogP contribution in [0.2, 0.25) is 0 Å². The highest BCUT2D eigenvalue weighted by Gasteiger charge is 2.14. The van der Waals surface area contributed by atoms with Gasteiger partial charge < -0.3 is 14.2 Å². The average molecular weight is 513 g/mol. The van der Waals surface area contributed by atoms with Gasteiger partial charge in [-0.25, -0.2) is 0 Å². The summed E-state index contributed by atoms with van der Waals surface area (Å²) in [4.78, 5) is 0.231. The van der Waals surface area contributed by atoms with Gasteiger partial charge >= 0.3 is 0 Å². The van der Waals surface area contributed by atoms with E-state index in [1.807, 2.05) is 6.92 Å². The molecule has 1 aromatic rings. The van der Waals surface area contributed by atoms with Gasteiger partial charge in [0.15, 0.2) is 6.29 Å². The van der Waals surface area contributed by atoms with E-state index in [2.05, 4.69) is 0 Å². The van der Waals surface area contributed by atoms with Crippen LogP contribution < -0.4 is 0 Å². The van der Waals surface area contributed by atoms with Crippen LogP contribution in [0.4, 0.5) is 0 Å². The molecule has 1 aliphatic rings. The lowest BCUT2D eigenvalue weighted by atomic mass is 10.1. The van der Waals surface area contributed by atoms with Crippen LogP contribution in [0, 0.1) is 6.92 Å². The van der Waals surface area contributed by atoms with Crippen molar-refractivity contribution in [3.63, 3.8) is 0 Å². The highest BCUT2D eigenvalue weighted by atomic mass is 32.2. The fraction of sp³-hybridized carbons (Fsp3) is 0.786. The average Bonchev–Trinajstić information content (AvgIpc) is 2.86. The lowest BCUT2D eigenvalue weighted by Gasteiger charge is -2.22. The first-order valence-corrected chi connectivity index (χ1v) is 15.3. The number of unbranched alkanes of at least 4 members (excludes halogenated alkanes) is 10. The van der Waals surface area contributed by atoms with E-state index < -0.39 is 10.1 Å². The van der Waals surface area contributed by atoms with Crippen molar-refractivity contribution in [1.29, 1.82) is 0 Å². The van der Waals surface area contributed by atoms with Gasteiger partial charge in [0, 0.05) is 26.4 Å². The summed E-state index contributed by atoms with van der Waals surface area (Å²) in [5.41, 5.74) is 1.03. The molecule has 0 N–H and O–H groups in total. The van der Waals surface area contributed by atoms with E-state index in [9.17, 15) is 8.42 Å². The highest BCUT2D eigenvalue weighted by Crippen LogP contribution is 2.16. The Morgan fingerprint density at radius 2 is 1.29 bits per heavy atom. The molecule has 6 nitrogen and oxygen atoms in total. The molecule has 1 aliphatic heterocycles. The summed E-state index contributed by atoms with van der Waals surface area (Å²) < 4.78 is 46.5. The van der Waals surface area contributed by atoms with Gasteiger partial charge in [0.05, 0.1) is 11.5 Å². The van der Waals surface area contributed by atoms with Crippen LogP contribution in [0.25, 0.3) is 0 Å². The summed E-state index contributed by atoms with van der Waals surface area (Å²) in [5.74, 6) is 0. The van der Waals surface area contributed by atoms with Gasteiger partial charge in [-0.05, 0) is 64.0 Å². The van der Waals surface area contributed by atoms with Crippen LogP contribution in [0.5, 0.6) is 0 Å². The molecule has 1 fully saturated rings. The Morgan fingerprint density at radius 1 is 0.743 bits per heavy atom. The van der Waals surface area contributed by atoms with Crippen molar-refractivity contribution >= 4 is 10.1 Å². The number of benzene rings is 1. The second-order valence-corrected chi connectivity index (χ2v) is 11.2. The van der Waals surface area contributed by atoms with E-state index in [1.54, 1.807) is 24.3 Å². The monoisotopic (exact) mass is 512 g/mol. The van der Waals surface area contributed by atoms with Crippen LogP contribution in [0.1, 0.15) is 102 Å². The summed E-state index contributed by atoms with van der Waals surface area (Å²) in [5, 5.41) is 0. The summed E-state index contributed by atoms with van der Waals surface area (Å²) in [6.07, 6.45) is 17.1. The molecular formula is C28H48O6S. The van der Waals surface area contributed by atoms with Crippen LogP contribution in [-0.2, 0) is 28.5 Å². The molecule has 1 aromatic carbocycles. The first-order chi connectivity index (χ1) is 17.1. The molecule has 0 aromatic heterocycles. The van der Waals surface area contributed by atoms with Crippen molar-refractivity contribution in [2.24, 2.45) is 0 Å².